The number of aliphatic hydroxyl groups is 1. The van der Waals surface area contributed by atoms with Crippen LogP contribution in [0.15, 0.2) is 12.2 Å². The van der Waals surface area contributed by atoms with Crippen molar-refractivity contribution >= 4 is 5.91 Å². The molecule has 0 spiro atoms. The molecule has 0 heterocycles. The minimum Gasteiger partial charge on any atom is -0.387 e. The van der Waals surface area contributed by atoms with Crippen LogP contribution < -0.4 is 5.32 Å². The fourth-order valence-corrected chi connectivity index (χ4v) is 5.66. The van der Waals surface area contributed by atoms with Crippen LogP contribution >= 0.6 is 0 Å². The molecular weight excluding hydrogens is 490 g/mol. The van der Waals surface area contributed by atoms with Gasteiger partial charge in [-0.3, -0.25) is 4.79 Å². The Morgan fingerprint density at radius 2 is 0.900 bits per heavy atom. The van der Waals surface area contributed by atoms with E-state index in [0.717, 1.165) is 25.7 Å². The van der Waals surface area contributed by atoms with E-state index < -0.39 is 6.10 Å². The highest BCUT2D eigenvalue weighted by atomic mass is 16.3. The summed E-state index contributed by atoms with van der Waals surface area (Å²) >= 11 is 0. The Bertz CT molecular complexity index is 532. The number of hydrogen-bond donors (Lipinski definition) is 2. The number of unbranched alkanes of at least 4 members (excludes halogenated alkanes) is 25. The van der Waals surface area contributed by atoms with Crippen LogP contribution in [-0.2, 0) is 4.79 Å². The molecule has 1 amide bonds. The van der Waals surface area contributed by atoms with E-state index in [1.165, 1.54) is 154 Å². The number of aliphatic hydroxyl groups excluding tert-OH is 1. The molecule has 238 valence electrons. The van der Waals surface area contributed by atoms with Gasteiger partial charge in [0, 0.05) is 6.42 Å². The molecule has 0 aliphatic rings. The van der Waals surface area contributed by atoms with Gasteiger partial charge in [-0.2, -0.15) is 0 Å². The van der Waals surface area contributed by atoms with Crippen LogP contribution in [0.2, 0.25) is 0 Å². The molecule has 0 radical (unpaired) electrons. The van der Waals surface area contributed by atoms with Crippen LogP contribution in [0.5, 0.6) is 0 Å². The number of amides is 1. The summed E-state index contributed by atoms with van der Waals surface area (Å²) in [6, 6.07) is -0.169. The summed E-state index contributed by atoms with van der Waals surface area (Å²) in [6.45, 7) is 6.60. The highest BCUT2D eigenvalue weighted by Gasteiger charge is 2.16. The van der Waals surface area contributed by atoms with Crippen LogP contribution in [0.4, 0.5) is 0 Å². The maximum absolute atomic E-state index is 12.4. The molecule has 0 saturated carbocycles. The lowest BCUT2D eigenvalue weighted by Crippen LogP contribution is -2.42. The summed E-state index contributed by atoms with van der Waals surface area (Å²) in [7, 11) is 0. The van der Waals surface area contributed by atoms with Gasteiger partial charge in [0.1, 0.15) is 0 Å². The maximum Gasteiger partial charge on any atom is 0.220 e. The molecule has 0 fully saturated rings. The van der Waals surface area contributed by atoms with E-state index in [9.17, 15) is 9.90 Å². The van der Waals surface area contributed by atoms with Crippen LogP contribution in [0.3, 0.4) is 0 Å². The average molecular weight is 564 g/mol. The number of nitrogens with one attached hydrogen (secondary N) is 1. The summed E-state index contributed by atoms with van der Waals surface area (Å²) in [6.07, 6.45) is 40.8. The summed E-state index contributed by atoms with van der Waals surface area (Å²) in [4.78, 5) is 12.4. The van der Waals surface area contributed by atoms with Crippen LogP contribution in [-0.4, -0.2) is 23.2 Å². The fraction of sp³-hybridized carbons (Fsp3) is 0.919. The van der Waals surface area contributed by atoms with Crippen LogP contribution in [0.1, 0.15) is 207 Å². The lowest BCUT2D eigenvalue weighted by Gasteiger charge is -2.20. The number of carbonyl (C=O) groups excluding carboxylic acids is 1. The smallest absolute Gasteiger partial charge is 0.220 e. The lowest BCUT2D eigenvalue weighted by atomic mass is 10.0. The highest BCUT2D eigenvalue weighted by Crippen LogP contribution is 2.15. The van der Waals surface area contributed by atoms with Gasteiger partial charge in [-0.05, 0) is 25.7 Å². The molecule has 0 aliphatic carbocycles. The third-order valence-electron chi connectivity index (χ3n) is 8.51. The van der Waals surface area contributed by atoms with Crippen molar-refractivity contribution in [2.24, 2.45) is 0 Å². The Balaban J connectivity index is 3.60. The largest absolute Gasteiger partial charge is 0.387 e. The van der Waals surface area contributed by atoms with E-state index in [1.54, 1.807) is 0 Å². The second-order valence-electron chi connectivity index (χ2n) is 12.5. The molecule has 0 aromatic heterocycles. The van der Waals surface area contributed by atoms with Gasteiger partial charge in [0.25, 0.3) is 0 Å². The van der Waals surface area contributed by atoms with Crippen molar-refractivity contribution < 1.29 is 9.90 Å². The fourth-order valence-electron chi connectivity index (χ4n) is 5.66. The Morgan fingerprint density at radius 1 is 0.550 bits per heavy atom. The molecule has 0 bridgehead atoms. The Morgan fingerprint density at radius 3 is 1.27 bits per heavy atom. The second-order valence-corrected chi connectivity index (χ2v) is 12.5. The second kappa shape index (κ2) is 32.7. The third-order valence-corrected chi connectivity index (χ3v) is 8.51. The molecule has 0 rings (SSSR count). The van der Waals surface area contributed by atoms with Crippen molar-refractivity contribution in [3.63, 3.8) is 0 Å². The molecule has 40 heavy (non-hydrogen) atoms. The Labute approximate surface area is 252 Å². The molecule has 3 nitrogen and oxygen atoms in total. The number of rotatable bonds is 32. The topological polar surface area (TPSA) is 49.3 Å². The van der Waals surface area contributed by atoms with Crippen molar-refractivity contribution in [2.75, 3.05) is 0 Å². The molecule has 2 N–H and O–H groups in total. The monoisotopic (exact) mass is 564 g/mol. The first kappa shape index (κ1) is 39.2. The first-order chi connectivity index (χ1) is 19.7. The third kappa shape index (κ3) is 28.7. The maximum atomic E-state index is 12.4. The first-order valence-corrected chi connectivity index (χ1v) is 18.3. The summed E-state index contributed by atoms with van der Waals surface area (Å²) in [5.74, 6) is 0.0966. The normalized spacial score (nSPS) is 13.2. The number of hydrogen-bond acceptors (Lipinski definition) is 2. The Kier molecular flexibility index (Phi) is 32.0. The number of carbonyl (C=O) groups is 1. The van der Waals surface area contributed by atoms with E-state index in [0.29, 0.717) is 6.42 Å². The van der Waals surface area contributed by atoms with Crippen molar-refractivity contribution in [2.45, 2.75) is 219 Å². The average Bonchev–Trinajstić information content (AvgIpc) is 2.96. The van der Waals surface area contributed by atoms with Crippen molar-refractivity contribution in [3.8, 4) is 0 Å². The van der Waals surface area contributed by atoms with E-state index in [4.69, 9.17) is 0 Å². The predicted octanol–water partition coefficient (Wildman–Crippen LogP) is 11.8. The molecule has 0 aliphatic heterocycles. The zero-order valence-electron chi connectivity index (χ0n) is 27.7. The number of allylic oxidation sites excluding steroid dienone is 1. The summed E-state index contributed by atoms with van der Waals surface area (Å²) < 4.78 is 0. The highest BCUT2D eigenvalue weighted by molar-refractivity contribution is 5.76. The van der Waals surface area contributed by atoms with Crippen molar-refractivity contribution in [1.82, 2.24) is 5.32 Å². The molecule has 0 saturated heterocycles. The van der Waals surface area contributed by atoms with Crippen molar-refractivity contribution in [1.29, 1.82) is 0 Å². The van der Waals surface area contributed by atoms with E-state index >= 15 is 0 Å². The van der Waals surface area contributed by atoms with Gasteiger partial charge in [-0.25, -0.2) is 0 Å². The molecule has 0 aromatic carbocycles. The standard InChI is InChI=1S/C37H73NO2/c1-4-7-9-11-13-15-17-19-20-22-24-26-28-30-32-34-37(40)38-35(6-3)36(39)33-31-29-27-25-23-21-18-16-14-12-10-8-5-2/h31,33,35-36,39H,4-30,32,34H2,1-3H3,(H,38,40)/t35-,36+/m1/s1. The molecule has 3 heteroatoms. The summed E-state index contributed by atoms with van der Waals surface area (Å²) in [5, 5.41) is 13.6. The quantitative estimate of drug-likeness (QED) is 0.0631. The van der Waals surface area contributed by atoms with Gasteiger partial charge < -0.3 is 10.4 Å². The van der Waals surface area contributed by atoms with E-state index in [-0.39, 0.29) is 11.9 Å². The van der Waals surface area contributed by atoms with Gasteiger partial charge in [-0.1, -0.05) is 187 Å². The van der Waals surface area contributed by atoms with Gasteiger partial charge in [0.05, 0.1) is 12.1 Å². The van der Waals surface area contributed by atoms with Gasteiger partial charge >= 0.3 is 0 Å². The first-order valence-electron chi connectivity index (χ1n) is 18.3. The van der Waals surface area contributed by atoms with Gasteiger partial charge in [0.15, 0.2) is 0 Å². The van der Waals surface area contributed by atoms with Crippen molar-refractivity contribution in [3.05, 3.63) is 12.2 Å². The van der Waals surface area contributed by atoms with E-state index in [1.807, 2.05) is 13.0 Å². The summed E-state index contributed by atoms with van der Waals surface area (Å²) in [5.41, 5.74) is 0. The van der Waals surface area contributed by atoms with Crippen LogP contribution in [0.25, 0.3) is 0 Å². The molecule has 2 atom stereocenters. The minimum absolute atomic E-state index is 0.0966. The van der Waals surface area contributed by atoms with E-state index in [2.05, 4.69) is 25.2 Å². The van der Waals surface area contributed by atoms with Crippen LogP contribution in [0, 0.1) is 0 Å². The predicted molar refractivity (Wildman–Crippen MR) is 178 cm³/mol. The molecule has 0 unspecified atom stereocenters. The zero-order valence-corrected chi connectivity index (χ0v) is 27.7. The molecular formula is C37H73NO2. The SMILES string of the molecule is CCCCCCCCCCCCCC=C[C@H](O)[C@@H](CC)NC(=O)CCCCCCCCCCCCCCCCC. The van der Waals surface area contributed by atoms with Gasteiger partial charge in [-0.15, -0.1) is 0 Å². The lowest BCUT2D eigenvalue weighted by molar-refractivity contribution is -0.122. The zero-order chi connectivity index (χ0) is 29.4. The van der Waals surface area contributed by atoms with Gasteiger partial charge in [0.2, 0.25) is 5.91 Å². The Hall–Kier alpha value is -0.830. The molecule has 0 aromatic rings. The minimum atomic E-state index is -0.581.